The van der Waals surface area contributed by atoms with E-state index in [0.717, 1.165) is 64.3 Å². The smallest absolute Gasteiger partial charge is 0.421 e. The summed E-state index contributed by atoms with van der Waals surface area (Å²) in [7, 11) is 0. The van der Waals surface area contributed by atoms with Gasteiger partial charge in [0.15, 0.2) is 0 Å². The third kappa shape index (κ3) is 7.54. The highest BCUT2D eigenvalue weighted by atomic mass is 19.4. The van der Waals surface area contributed by atoms with E-state index >= 15 is 0 Å². The van der Waals surface area contributed by atoms with Gasteiger partial charge in [-0.05, 0) is 43.1 Å². The van der Waals surface area contributed by atoms with Crippen LogP contribution in [0.15, 0.2) is 47.6 Å². The molecule has 2 saturated heterocycles. The van der Waals surface area contributed by atoms with E-state index in [1.807, 2.05) is 6.07 Å². The first-order valence-corrected chi connectivity index (χ1v) is 16.5. The molecule has 0 radical (unpaired) electrons. The van der Waals surface area contributed by atoms with E-state index in [2.05, 4.69) is 47.2 Å². The van der Waals surface area contributed by atoms with Gasteiger partial charge in [0.25, 0.3) is 5.91 Å². The van der Waals surface area contributed by atoms with Gasteiger partial charge in [-0.25, -0.2) is 14.4 Å². The summed E-state index contributed by atoms with van der Waals surface area (Å²) in [5.41, 5.74) is 1.02. The van der Waals surface area contributed by atoms with E-state index in [1.165, 1.54) is 12.3 Å². The largest absolute Gasteiger partial charge is 0.458 e. The molecule has 3 aliphatic rings. The number of nitrogens with zero attached hydrogens (tertiary/aromatic N) is 6. The van der Waals surface area contributed by atoms with Crippen molar-refractivity contribution in [2.45, 2.75) is 58.1 Å². The summed E-state index contributed by atoms with van der Waals surface area (Å²) in [6.07, 6.45) is -1.74. The maximum absolute atomic E-state index is 14.6. The van der Waals surface area contributed by atoms with Crippen LogP contribution in [-0.2, 0) is 12.6 Å². The third-order valence-electron chi connectivity index (χ3n) is 9.22. The maximum Gasteiger partial charge on any atom is 0.421 e. The number of hydrogen-bond donors (Lipinski definition) is 2. The van der Waals surface area contributed by atoms with Crippen LogP contribution in [-0.4, -0.2) is 90.1 Å². The van der Waals surface area contributed by atoms with Gasteiger partial charge >= 0.3 is 6.18 Å². The van der Waals surface area contributed by atoms with Crippen LogP contribution in [0, 0.1) is 0 Å². The molecule has 0 saturated carbocycles. The van der Waals surface area contributed by atoms with Crippen molar-refractivity contribution in [3.05, 3.63) is 59.3 Å². The molecule has 1 atom stereocenters. The number of rotatable bonds is 10. The summed E-state index contributed by atoms with van der Waals surface area (Å²) in [6, 6.07) is 10.7. The Labute approximate surface area is 277 Å². The Morgan fingerprint density at radius 1 is 1.00 bits per heavy atom. The predicted octanol–water partition coefficient (Wildman–Crippen LogP) is 6.44. The number of halogens is 4. The number of carbonyl (C=O) groups excluding carboxylic acids is 1. The summed E-state index contributed by atoms with van der Waals surface area (Å²) in [5.74, 6) is -1.09. The number of benzene rings is 2. The average Bonchev–Trinajstić information content (AvgIpc) is 3.09. The van der Waals surface area contributed by atoms with Crippen molar-refractivity contribution in [2.75, 3.05) is 61.3 Å². The SMILES string of the molecule is CCC(F)Oc1cc(N2CCC(N3CCN(CC)CC3)CC2)ccc1Nc1ncc(C(F)(F)F)c(Nc2cccc3c2C(=O)N=CC3)n1. The van der Waals surface area contributed by atoms with Crippen molar-refractivity contribution in [1.29, 1.82) is 0 Å². The van der Waals surface area contributed by atoms with E-state index in [-0.39, 0.29) is 29.4 Å². The minimum atomic E-state index is -4.78. The second-order valence-corrected chi connectivity index (χ2v) is 12.2. The van der Waals surface area contributed by atoms with Crippen molar-refractivity contribution < 1.29 is 27.1 Å². The topological polar surface area (TPSA) is 98.2 Å². The number of amides is 1. The second kappa shape index (κ2) is 14.4. The van der Waals surface area contributed by atoms with Gasteiger partial charge in [0.05, 0.1) is 16.9 Å². The van der Waals surface area contributed by atoms with Gasteiger partial charge in [0.1, 0.15) is 17.1 Å². The van der Waals surface area contributed by atoms with Crippen LogP contribution in [0.2, 0.25) is 0 Å². The van der Waals surface area contributed by atoms with Gasteiger partial charge in [0, 0.05) is 82.3 Å². The van der Waals surface area contributed by atoms with Gasteiger partial charge in [-0.15, -0.1) is 0 Å². The zero-order valence-electron chi connectivity index (χ0n) is 27.1. The number of ether oxygens (including phenoxy) is 1. The van der Waals surface area contributed by atoms with Crippen LogP contribution in [0.25, 0.3) is 0 Å². The maximum atomic E-state index is 14.6. The third-order valence-corrected chi connectivity index (χ3v) is 9.22. The molecule has 2 N–H and O–H groups in total. The van der Waals surface area contributed by atoms with Gasteiger partial charge < -0.3 is 25.2 Å². The number of fused-ring (bicyclic) bond motifs is 1. The van der Waals surface area contributed by atoms with Crippen LogP contribution in [0.3, 0.4) is 0 Å². The molecular formula is C34H40F4N8O2. The van der Waals surface area contributed by atoms with Gasteiger partial charge in [0.2, 0.25) is 12.3 Å². The monoisotopic (exact) mass is 668 g/mol. The number of hydrogen-bond acceptors (Lipinski definition) is 9. The molecule has 1 amide bonds. The Hall–Kier alpha value is -4.30. The molecule has 2 aromatic carbocycles. The molecular weight excluding hydrogens is 628 g/mol. The number of likely N-dealkylation sites (N-methyl/N-ethyl adjacent to an activating group) is 1. The van der Waals surface area contributed by atoms with Gasteiger partial charge in [-0.1, -0.05) is 26.0 Å². The summed E-state index contributed by atoms with van der Waals surface area (Å²) >= 11 is 0. The highest BCUT2D eigenvalue weighted by molar-refractivity contribution is 6.07. The molecule has 6 rings (SSSR count). The lowest BCUT2D eigenvalue weighted by molar-refractivity contribution is -0.137. The highest BCUT2D eigenvalue weighted by Gasteiger charge is 2.36. The lowest BCUT2D eigenvalue weighted by Gasteiger charge is -2.43. The Balaban J connectivity index is 1.22. The number of anilines is 5. The zero-order chi connectivity index (χ0) is 33.8. The quantitative estimate of drug-likeness (QED) is 0.237. The summed E-state index contributed by atoms with van der Waals surface area (Å²) in [6.45, 7) is 11.0. The fourth-order valence-corrected chi connectivity index (χ4v) is 6.47. The molecule has 1 unspecified atom stereocenters. The Morgan fingerprint density at radius 3 is 2.48 bits per heavy atom. The molecule has 0 aliphatic carbocycles. The molecule has 256 valence electrons. The molecule has 1 aromatic heterocycles. The molecule has 2 fully saturated rings. The number of nitrogens with one attached hydrogen (secondary N) is 2. The van der Waals surface area contributed by atoms with Gasteiger partial charge in [-0.2, -0.15) is 18.2 Å². The van der Waals surface area contributed by atoms with Crippen LogP contribution in [0.1, 0.15) is 54.6 Å². The Bertz CT molecular complexity index is 1640. The van der Waals surface area contributed by atoms with Crippen molar-refractivity contribution in [3.63, 3.8) is 0 Å². The van der Waals surface area contributed by atoms with Crippen LogP contribution >= 0.6 is 0 Å². The summed E-state index contributed by atoms with van der Waals surface area (Å²) in [4.78, 5) is 31.7. The van der Waals surface area contributed by atoms with Crippen molar-refractivity contribution in [1.82, 2.24) is 19.8 Å². The van der Waals surface area contributed by atoms with E-state index in [1.54, 1.807) is 31.2 Å². The second-order valence-electron chi connectivity index (χ2n) is 12.2. The van der Waals surface area contributed by atoms with Gasteiger partial charge in [-0.3, -0.25) is 9.69 Å². The van der Waals surface area contributed by atoms with E-state index < -0.39 is 29.8 Å². The Morgan fingerprint density at radius 2 is 1.77 bits per heavy atom. The molecule has 10 nitrogen and oxygen atoms in total. The van der Waals surface area contributed by atoms with Crippen molar-refractivity contribution in [2.24, 2.45) is 4.99 Å². The first kappa shape index (κ1) is 33.6. The van der Waals surface area contributed by atoms with E-state index in [0.29, 0.717) is 29.9 Å². The first-order chi connectivity index (χ1) is 23.1. The normalized spacial score (nSPS) is 18.5. The number of piperazine rings is 1. The zero-order valence-corrected chi connectivity index (χ0v) is 27.1. The number of alkyl halides is 4. The lowest BCUT2D eigenvalue weighted by Crippen LogP contribution is -2.53. The molecule has 0 bridgehead atoms. The molecule has 0 spiro atoms. The molecule has 3 aromatic rings. The number of carbonyl (C=O) groups is 1. The standard InChI is InChI=1S/C34H40F4N8O2/c1-3-29(35)48-28-20-24(45-14-11-23(12-15-45)46-18-16-44(4-2)17-19-46)8-9-26(28)42-33-40-21-25(34(36,37)38)31(43-33)41-27-7-5-6-22-10-13-39-32(47)30(22)27/h5-9,13,20-21,23,29H,3-4,10-12,14-19H2,1-2H3,(H2,40,41,42,43). The van der Waals surface area contributed by atoms with Crippen molar-refractivity contribution >= 4 is 41.0 Å². The van der Waals surface area contributed by atoms with Crippen molar-refractivity contribution in [3.8, 4) is 5.75 Å². The van der Waals surface area contributed by atoms with E-state index in [4.69, 9.17) is 4.74 Å². The van der Waals surface area contributed by atoms with Crippen LogP contribution < -0.4 is 20.3 Å². The lowest BCUT2D eigenvalue weighted by atomic mass is 10.00. The number of piperidine rings is 1. The number of aromatic nitrogens is 2. The number of aliphatic imine (C=N–C) groups is 1. The summed E-state index contributed by atoms with van der Waals surface area (Å²) < 4.78 is 62.4. The minimum absolute atomic E-state index is 0.107. The molecule has 4 heterocycles. The predicted molar refractivity (Wildman–Crippen MR) is 178 cm³/mol. The highest BCUT2D eigenvalue weighted by Crippen LogP contribution is 2.38. The molecule has 48 heavy (non-hydrogen) atoms. The van der Waals surface area contributed by atoms with Crippen LogP contribution in [0.5, 0.6) is 5.75 Å². The first-order valence-electron chi connectivity index (χ1n) is 16.5. The Kier molecular flexibility index (Phi) is 10.1. The molecule has 3 aliphatic heterocycles. The minimum Gasteiger partial charge on any atom is -0.458 e. The van der Waals surface area contributed by atoms with E-state index in [9.17, 15) is 22.4 Å². The molecule has 14 heteroatoms. The average molecular weight is 669 g/mol. The van der Waals surface area contributed by atoms with Crippen LogP contribution in [0.4, 0.5) is 46.4 Å². The summed E-state index contributed by atoms with van der Waals surface area (Å²) in [5, 5.41) is 5.62. The fraction of sp³-hybridized carbons (Fsp3) is 0.471. The fourth-order valence-electron chi connectivity index (χ4n) is 6.47.